The van der Waals surface area contributed by atoms with Crippen molar-refractivity contribution in [1.29, 1.82) is 0 Å². The lowest BCUT2D eigenvalue weighted by Gasteiger charge is -2.21. The molecule has 1 aliphatic rings. The Morgan fingerprint density at radius 1 is 0.906 bits per heavy atom. The van der Waals surface area contributed by atoms with Gasteiger partial charge in [0, 0.05) is 19.0 Å². The van der Waals surface area contributed by atoms with Crippen LogP contribution in [0.3, 0.4) is 0 Å². The number of benzene rings is 2. The maximum Gasteiger partial charge on any atom is 0.407 e. The van der Waals surface area contributed by atoms with Crippen molar-refractivity contribution >= 4 is 18.2 Å². The molecule has 3 N–H and O–H groups in total. The first-order valence-electron chi connectivity index (χ1n) is 10.4. The molecule has 8 nitrogen and oxygen atoms in total. The Bertz CT molecular complexity index is 952. The summed E-state index contributed by atoms with van der Waals surface area (Å²) in [5.74, 6) is -2.26. The lowest BCUT2D eigenvalue weighted by molar-refractivity contribution is -0.141. The molecule has 0 bridgehead atoms. The van der Waals surface area contributed by atoms with Crippen molar-refractivity contribution in [2.45, 2.75) is 32.3 Å². The number of hydrogen-bond donors (Lipinski definition) is 3. The fourth-order valence-corrected chi connectivity index (χ4v) is 3.62. The summed E-state index contributed by atoms with van der Waals surface area (Å²) in [6.07, 6.45) is -1.43. The lowest BCUT2D eigenvalue weighted by Crippen LogP contribution is -2.42. The van der Waals surface area contributed by atoms with Crippen LogP contribution in [0, 0.1) is 5.92 Å². The van der Waals surface area contributed by atoms with Crippen molar-refractivity contribution in [2.24, 2.45) is 5.92 Å². The molecule has 0 saturated carbocycles. The Morgan fingerprint density at radius 3 is 1.91 bits per heavy atom. The molecule has 0 aliphatic heterocycles. The van der Waals surface area contributed by atoms with Gasteiger partial charge in [0.2, 0.25) is 0 Å². The summed E-state index contributed by atoms with van der Waals surface area (Å²) in [7, 11) is 0. The minimum atomic E-state index is -1.15. The zero-order valence-electron chi connectivity index (χ0n) is 18.4. The number of aliphatic carboxylic acids is 1. The van der Waals surface area contributed by atoms with Gasteiger partial charge >= 0.3 is 18.2 Å². The monoisotopic (exact) mass is 440 g/mol. The molecule has 0 radical (unpaired) electrons. The van der Waals surface area contributed by atoms with Gasteiger partial charge in [-0.2, -0.15) is 0 Å². The SMILES string of the molecule is CC(C)(C)OC(=O)NCC(CNC(=O)OCC1c2ccccc2-c2ccccc21)C(=O)O. The van der Waals surface area contributed by atoms with E-state index in [4.69, 9.17) is 9.47 Å². The van der Waals surface area contributed by atoms with Crippen molar-refractivity contribution in [3.63, 3.8) is 0 Å². The van der Waals surface area contributed by atoms with E-state index >= 15 is 0 Å². The number of carboxylic acid groups (broad SMARTS) is 1. The van der Waals surface area contributed by atoms with Gasteiger partial charge in [0.1, 0.15) is 12.2 Å². The molecule has 0 fully saturated rings. The van der Waals surface area contributed by atoms with E-state index in [-0.39, 0.29) is 25.6 Å². The zero-order valence-corrected chi connectivity index (χ0v) is 18.4. The molecule has 170 valence electrons. The molecule has 2 amide bonds. The van der Waals surface area contributed by atoms with Crippen LogP contribution in [0.5, 0.6) is 0 Å². The second-order valence-electron chi connectivity index (χ2n) is 8.62. The molecule has 32 heavy (non-hydrogen) atoms. The predicted molar refractivity (Wildman–Crippen MR) is 118 cm³/mol. The minimum absolute atomic E-state index is 0.0859. The number of nitrogens with one attached hydrogen (secondary N) is 2. The largest absolute Gasteiger partial charge is 0.481 e. The second-order valence-corrected chi connectivity index (χ2v) is 8.62. The van der Waals surface area contributed by atoms with E-state index in [9.17, 15) is 19.5 Å². The fraction of sp³-hybridized carbons (Fsp3) is 0.375. The summed E-state index contributed by atoms with van der Waals surface area (Å²) in [4.78, 5) is 35.4. The highest BCUT2D eigenvalue weighted by atomic mass is 16.6. The van der Waals surface area contributed by atoms with Gasteiger partial charge < -0.3 is 25.2 Å². The normalized spacial score (nSPS) is 13.5. The van der Waals surface area contributed by atoms with E-state index in [1.54, 1.807) is 20.8 Å². The molecule has 0 saturated heterocycles. The standard InChI is InChI=1S/C24H28N2O6/c1-24(2,3)32-23(30)26-13-15(21(27)28)12-25-22(29)31-14-20-18-10-6-4-8-16(18)17-9-5-7-11-19(17)20/h4-11,15,20H,12-14H2,1-3H3,(H,25,29)(H,26,30)(H,27,28). The van der Waals surface area contributed by atoms with Gasteiger partial charge in [0.15, 0.2) is 0 Å². The Labute approximate surface area is 186 Å². The van der Waals surface area contributed by atoms with Crippen LogP contribution in [0.2, 0.25) is 0 Å². The number of carbonyl (C=O) groups excluding carboxylic acids is 2. The highest BCUT2D eigenvalue weighted by molar-refractivity contribution is 5.79. The van der Waals surface area contributed by atoms with Gasteiger partial charge in [-0.3, -0.25) is 4.79 Å². The number of hydrogen-bond acceptors (Lipinski definition) is 5. The number of fused-ring (bicyclic) bond motifs is 3. The lowest BCUT2D eigenvalue weighted by atomic mass is 9.98. The van der Waals surface area contributed by atoms with E-state index in [0.717, 1.165) is 22.3 Å². The smallest absolute Gasteiger partial charge is 0.407 e. The van der Waals surface area contributed by atoms with Crippen molar-refractivity contribution in [3.8, 4) is 11.1 Å². The van der Waals surface area contributed by atoms with Gasteiger partial charge in [-0.1, -0.05) is 48.5 Å². The predicted octanol–water partition coefficient (Wildman–Crippen LogP) is 3.75. The Balaban J connectivity index is 1.52. The van der Waals surface area contributed by atoms with Gasteiger partial charge in [-0.15, -0.1) is 0 Å². The molecule has 8 heteroatoms. The topological polar surface area (TPSA) is 114 Å². The van der Waals surface area contributed by atoms with Crippen LogP contribution in [-0.4, -0.2) is 48.6 Å². The summed E-state index contributed by atoms with van der Waals surface area (Å²) in [5, 5.41) is 14.3. The van der Waals surface area contributed by atoms with E-state index in [1.807, 2.05) is 48.5 Å². The first-order valence-corrected chi connectivity index (χ1v) is 10.4. The third-order valence-electron chi connectivity index (χ3n) is 5.08. The van der Waals surface area contributed by atoms with Gasteiger partial charge in [0.25, 0.3) is 0 Å². The zero-order chi connectivity index (χ0) is 23.3. The third-order valence-corrected chi connectivity index (χ3v) is 5.08. The van der Waals surface area contributed by atoms with Crippen LogP contribution < -0.4 is 10.6 Å². The second kappa shape index (κ2) is 9.72. The summed E-state index contributed by atoms with van der Waals surface area (Å²) < 4.78 is 10.5. The van der Waals surface area contributed by atoms with Crippen molar-refractivity contribution in [1.82, 2.24) is 10.6 Å². The molecular formula is C24H28N2O6. The Hall–Kier alpha value is -3.55. The van der Waals surface area contributed by atoms with Gasteiger partial charge in [-0.25, -0.2) is 9.59 Å². The van der Waals surface area contributed by atoms with Gasteiger partial charge in [0.05, 0.1) is 5.92 Å². The molecule has 2 aromatic carbocycles. The summed E-state index contributed by atoms with van der Waals surface area (Å²) >= 11 is 0. The molecule has 1 aliphatic carbocycles. The number of carboxylic acids is 1. The van der Waals surface area contributed by atoms with Crippen LogP contribution in [0.25, 0.3) is 11.1 Å². The quantitative estimate of drug-likeness (QED) is 0.604. The van der Waals surface area contributed by atoms with Gasteiger partial charge in [-0.05, 0) is 43.0 Å². The Kier molecular flexibility index (Phi) is 7.02. The maximum atomic E-state index is 12.2. The third kappa shape index (κ3) is 5.78. The van der Waals surface area contributed by atoms with Crippen LogP contribution in [0.1, 0.15) is 37.8 Å². The average molecular weight is 440 g/mol. The number of alkyl carbamates (subject to hydrolysis) is 2. The minimum Gasteiger partial charge on any atom is -0.481 e. The molecule has 0 spiro atoms. The Morgan fingerprint density at radius 2 is 1.41 bits per heavy atom. The fourth-order valence-electron chi connectivity index (χ4n) is 3.62. The van der Waals surface area contributed by atoms with Crippen LogP contribution >= 0.6 is 0 Å². The van der Waals surface area contributed by atoms with Crippen molar-refractivity contribution in [2.75, 3.05) is 19.7 Å². The number of carbonyl (C=O) groups is 3. The summed E-state index contributed by atoms with van der Waals surface area (Å²) in [6.45, 7) is 4.88. The van der Waals surface area contributed by atoms with E-state index in [2.05, 4.69) is 10.6 Å². The van der Waals surface area contributed by atoms with E-state index in [1.165, 1.54) is 0 Å². The van der Waals surface area contributed by atoms with Crippen molar-refractivity contribution < 1.29 is 29.0 Å². The van der Waals surface area contributed by atoms with Crippen LogP contribution in [-0.2, 0) is 14.3 Å². The molecule has 1 unspecified atom stereocenters. The highest BCUT2D eigenvalue weighted by Gasteiger charge is 2.29. The van der Waals surface area contributed by atoms with E-state index < -0.39 is 29.7 Å². The highest BCUT2D eigenvalue weighted by Crippen LogP contribution is 2.44. The first kappa shape index (κ1) is 23.1. The average Bonchev–Trinajstić information content (AvgIpc) is 3.04. The number of amides is 2. The molecule has 3 rings (SSSR count). The number of rotatable bonds is 7. The number of ether oxygens (including phenoxy) is 2. The first-order chi connectivity index (χ1) is 15.2. The molecule has 1 atom stereocenters. The maximum absolute atomic E-state index is 12.2. The summed E-state index contributed by atoms with van der Waals surface area (Å²) in [5.41, 5.74) is 3.73. The summed E-state index contributed by atoms with van der Waals surface area (Å²) in [6, 6.07) is 16.0. The van der Waals surface area contributed by atoms with Crippen LogP contribution in [0.15, 0.2) is 48.5 Å². The van der Waals surface area contributed by atoms with Crippen molar-refractivity contribution in [3.05, 3.63) is 59.7 Å². The van der Waals surface area contributed by atoms with Crippen LogP contribution in [0.4, 0.5) is 9.59 Å². The molecular weight excluding hydrogens is 412 g/mol. The molecule has 0 aromatic heterocycles. The molecule has 0 heterocycles. The van der Waals surface area contributed by atoms with E-state index in [0.29, 0.717) is 0 Å². The molecule has 2 aromatic rings.